The van der Waals surface area contributed by atoms with E-state index in [1.165, 1.54) is 0 Å². The van der Waals surface area contributed by atoms with Gasteiger partial charge in [0.05, 0.1) is 35.5 Å². The molecule has 128 valence electrons. The van der Waals surface area contributed by atoms with E-state index in [1.54, 1.807) is 41.6 Å². The molecule has 2 aromatic carbocycles. The summed E-state index contributed by atoms with van der Waals surface area (Å²) < 4.78 is 26.6. The number of ether oxygens (including phenoxy) is 5. The second kappa shape index (κ2) is 8.15. The van der Waals surface area contributed by atoms with Gasteiger partial charge in [0.25, 0.3) is 0 Å². The van der Waals surface area contributed by atoms with Crippen molar-refractivity contribution in [1.82, 2.24) is 0 Å². The summed E-state index contributed by atoms with van der Waals surface area (Å²) in [5, 5.41) is 0. The molecule has 5 nitrogen and oxygen atoms in total. The molecule has 0 amide bonds. The molecule has 0 heterocycles. The van der Waals surface area contributed by atoms with Crippen LogP contribution in [0.3, 0.4) is 0 Å². The molecular formula is C19H22O5. The number of rotatable bonds is 7. The summed E-state index contributed by atoms with van der Waals surface area (Å²) in [6.45, 7) is 0. The smallest absolute Gasteiger partial charge is 0.164 e. The monoisotopic (exact) mass is 330 g/mol. The fourth-order valence-electron chi connectivity index (χ4n) is 2.33. The van der Waals surface area contributed by atoms with Crippen LogP contribution in [-0.2, 0) is 0 Å². The van der Waals surface area contributed by atoms with Gasteiger partial charge in [0.1, 0.15) is 5.75 Å². The Morgan fingerprint density at radius 1 is 0.542 bits per heavy atom. The molecule has 0 N–H and O–H groups in total. The van der Waals surface area contributed by atoms with Crippen molar-refractivity contribution in [2.45, 2.75) is 0 Å². The lowest BCUT2D eigenvalue weighted by atomic mass is 10.1. The quantitative estimate of drug-likeness (QED) is 0.721. The molecule has 0 unspecified atom stereocenters. The molecule has 0 saturated heterocycles. The van der Waals surface area contributed by atoms with Crippen LogP contribution in [0.5, 0.6) is 28.7 Å². The van der Waals surface area contributed by atoms with E-state index < -0.39 is 0 Å². The van der Waals surface area contributed by atoms with Gasteiger partial charge in [-0.25, -0.2) is 0 Å². The van der Waals surface area contributed by atoms with Gasteiger partial charge >= 0.3 is 0 Å². The predicted molar refractivity (Wildman–Crippen MR) is 94.6 cm³/mol. The predicted octanol–water partition coefficient (Wildman–Crippen LogP) is 3.90. The summed E-state index contributed by atoms with van der Waals surface area (Å²) in [6, 6.07) is 9.39. The average molecular weight is 330 g/mol. The molecular weight excluding hydrogens is 308 g/mol. The van der Waals surface area contributed by atoms with Crippen LogP contribution in [0.15, 0.2) is 30.3 Å². The highest BCUT2D eigenvalue weighted by Gasteiger charge is 2.10. The molecule has 2 aromatic rings. The first-order chi connectivity index (χ1) is 11.7. The Kier molecular flexibility index (Phi) is 5.95. The average Bonchev–Trinajstić information content (AvgIpc) is 2.65. The van der Waals surface area contributed by atoms with Crippen LogP contribution < -0.4 is 23.7 Å². The minimum absolute atomic E-state index is 0.623. The Hall–Kier alpha value is -2.82. The summed E-state index contributed by atoms with van der Waals surface area (Å²) in [7, 11) is 8.04. The first-order valence-electron chi connectivity index (χ1n) is 7.37. The summed E-state index contributed by atoms with van der Waals surface area (Å²) in [4.78, 5) is 0. The Bertz CT molecular complexity index is 722. The summed E-state index contributed by atoms with van der Waals surface area (Å²) >= 11 is 0. The summed E-state index contributed by atoms with van der Waals surface area (Å²) in [6.07, 6.45) is 3.91. The minimum Gasteiger partial charge on any atom is -0.496 e. The van der Waals surface area contributed by atoms with Gasteiger partial charge in [0, 0.05) is 11.6 Å². The van der Waals surface area contributed by atoms with Gasteiger partial charge < -0.3 is 23.7 Å². The molecule has 5 heteroatoms. The first kappa shape index (κ1) is 17.5. The maximum Gasteiger partial charge on any atom is 0.164 e. The van der Waals surface area contributed by atoms with Crippen molar-refractivity contribution in [3.8, 4) is 28.7 Å². The lowest BCUT2D eigenvalue weighted by Crippen LogP contribution is -1.94. The number of hydrogen-bond donors (Lipinski definition) is 0. The van der Waals surface area contributed by atoms with Gasteiger partial charge in [-0.05, 0) is 23.8 Å². The van der Waals surface area contributed by atoms with Crippen LogP contribution in [-0.4, -0.2) is 35.5 Å². The van der Waals surface area contributed by atoms with Crippen LogP contribution in [0.2, 0.25) is 0 Å². The summed E-state index contributed by atoms with van der Waals surface area (Å²) in [5.41, 5.74) is 1.86. The molecule has 0 atom stereocenters. The van der Waals surface area contributed by atoms with E-state index in [-0.39, 0.29) is 0 Å². The van der Waals surface area contributed by atoms with Gasteiger partial charge in [0.2, 0.25) is 0 Å². The lowest BCUT2D eigenvalue weighted by Gasteiger charge is -2.12. The number of hydrogen-bond acceptors (Lipinski definition) is 5. The van der Waals surface area contributed by atoms with Gasteiger partial charge in [0.15, 0.2) is 23.0 Å². The van der Waals surface area contributed by atoms with E-state index in [0.29, 0.717) is 28.7 Å². The highest BCUT2D eigenvalue weighted by Crippen LogP contribution is 2.36. The Morgan fingerprint density at radius 3 is 1.67 bits per heavy atom. The topological polar surface area (TPSA) is 46.2 Å². The van der Waals surface area contributed by atoms with E-state index >= 15 is 0 Å². The van der Waals surface area contributed by atoms with E-state index in [0.717, 1.165) is 11.1 Å². The van der Waals surface area contributed by atoms with Crippen molar-refractivity contribution >= 4 is 12.2 Å². The SMILES string of the molecule is COc1cc(OC)c(OC)cc1/C=C/c1ccc(OC)c(OC)c1. The molecule has 0 radical (unpaired) electrons. The first-order valence-corrected chi connectivity index (χ1v) is 7.37. The van der Waals surface area contributed by atoms with Crippen molar-refractivity contribution in [3.63, 3.8) is 0 Å². The van der Waals surface area contributed by atoms with Crippen LogP contribution in [0, 0.1) is 0 Å². The van der Waals surface area contributed by atoms with E-state index in [2.05, 4.69) is 0 Å². The summed E-state index contributed by atoms with van der Waals surface area (Å²) in [5.74, 6) is 3.34. The molecule has 0 spiro atoms. The second-order valence-corrected chi connectivity index (χ2v) is 4.90. The van der Waals surface area contributed by atoms with Crippen LogP contribution >= 0.6 is 0 Å². The third-order valence-electron chi connectivity index (χ3n) is 3.60. The highest BCUT2D eigenvalue weighted by molar-refractivity contribution is 5.75. The van der Waals surface area contributed by atoms with Crippen molar-refractivity contribution in [1.29, 1.82) is 0 Å². The molecule has 2 rings (SSSR count). The van der Waals surface area contributed by atoms with Crippen molar-refractivity contribution in [3.05, 3.63) is 41.5 Å². The van der Waals surface area contributed by atoms with E-state index in [1.807, 2.05) is 36.4 Å². The number of benzene rings is 2. The fourth-order valence-corrected chi connectivity index (χ4v) is 2.33. The van der Waals surface area contributed by atoms with Crippen molar-refractivity contribution < 1.29 is 23.7 Å². The van der Waals surface area contributed by atoms with Crippen molar-refractivity contribution in [2.24, 2.45) is 0 Å². The third kappa shape index (κ3) is 3.74. The second-order valence-electron chi connectivity index (χ2n) is 4.90. The number of methoxy groups -OCH3 is 5. The van der Waals surface area contributed by atoms with Gasteiger partial charge in [-0.1, -0.05) is 18.2 Å². The molecule has 0 aliphatic rings. The molecule has 0 bridgehead atoms. The zero-order valence-corrected chi connectivity index (χ0v) is 14.6. The molecule has 0 aromatic heterocycles. The molecule has 0 fully saturated rings. The third-order valence-corrected chi connectivity index (χ3v) is 3.60. The van der Waals surface area contributed by atoms with E-state index in [4.69, 9.17) is 23.7 Å². The molecule has 0 aliphatic heterocycles. The van der Waals surface area contributed by atoms with Crippen LogP contribution in [0.25, 0.3) is 12.2 Å². The largest absolute Gasteiger partial charge is 0.496 e. The van der Waals surface area contributed by atoms with E-state index in [9.17, 15) is 0 Å². The van der Waals surface area contributed by atoms with Crippen molar-refractivity contribution in [2.75, 3.05) is 35.5 Å². The molecule has 0 saturated carbocycles. The Balaban J connectivity index is 2.37. The van der Waals surface area contributed by atoms with Crippen LogP contribution in [0.1, 0.15) is 11.1 Å². The molecule has 0 aliphatic carbocycles. The Morgan fingerprint density at radius 2 is 1.08 bits per heavy atom. The zero-order chi connectivity index (χ0) is 17.5. The zero-order valence-electron chi connectivity index (χ0n) is 14.6. The van der Waals surface area contributed by atoms with Crippen LogP contribution in [0.4, 0.5) is 0 Å². The van der Waals surface area contributed by atoms with Gasteiger partial charge in [-0.2, -0.15) is 0 Å². The van der Waals surface area contributed by atoms with Gasteiger partial charge in [-0.3, -0.25) is 0 Å². The maximum absolute atomic E-state index is 5.43. The maximum atomic E-state index is 5.43. The normalized spacial score (nSPS) is 10.5. The highest BCUT2D eigenvalue weighted by atomic mass is 16.5. The van der Waals surface area contributed by atoms with Gasteiger partial charge in [-0.15, -0.1) is 0 Å². The minimum atomic E-state index is 0.623. The Labute approximate surface area is 142 Å². The lowest BCUT2D eigenvalue weighted by molar-refractivity contribution is 0.348. The molecule has 24 heavy (non-hydrogen) atoms. The standard InChI is InChI=1S/C19H22O5/c1-20-15-9-7-13(10-17(15)22-3)6-8-14-11-18(23-4)19(24-5)12-16(14)21-2/h6-12H,1-5H3/b8-6+. The fraction of sp³-hybridized carbons (Fsp3) is 0.263.